The van der Waals surface area contributed by atoms with Gasteiger partial charge in [-0.15, -0.1) is 5.10 Å². The highest BCUT2D eigenvalue weighted by atomic mass is 35.5. The summed E-state index contributed by atoms with van der Waals surface area (Å²) in [7, 11) is 0. The van der Waals surface area contributed by atoms with Gasteiger partial charge < -0.3 is 5.32 Å². The molecule has 1 aliphatic rings. The zero-order valence-corrected chi connectivity index (χ0v) is 15.1. The first kappa shape index (κ1) is 17.6. The number of imide groups is 1. The maximum absolute atomic E-state index is 12.5. The number of halogens is 2. The van der Waals surface area contributed by atoms with Crippen LogP contribution in [-0.2, 0) is 17.8 Å². The maximum Gasteiger partial charge on any atom is 0.325 e. The van der Waals surface area contributed by atoms with Crippen LogP contribution in [0.3, 0.4) is 0 Å². The molecule has 25 heavy (non-hydrogen) atoms. The third kappa shape index (κ3) is 3.74. The Morgan fingerprint density at radius 2 is 2.08 bits per heavy atom. The number of amides is 3. The van der Waals surface area contributed by atoms with E-state index in [0.717, 1.165) is 4.90 Å². The van der Waals surface area contributed by atoms with Crippen molar-refractivity contribution < 1.29 is 9.59 Å². The summed E-state index contributed by atoms with van der Waals surface area (Å²) >= 11 is 11.9. The summed E-state index contributed by atoms with van der Waals surface area (Å²) in [5, 5.41) is 11.4. The SMILES string of the molecule is CC(C)n1cc(C[C@H]2NC(=O)N(Cc3ncc(Cl)cc3Cl)C2=O)nn1. The Morgan fingerprint density at radius 3 is 2.72 bits per heavy atom. The Labute approximate surface area is 154 Å². The van der Waals surface area contributed by atoms with Crippen molar-refractivity contribution in [1.82, 2.24) is 30.2 Å². The molecule has 132 valence electrons. The molecule has 0 bridgehead atoms. The van der Waals surface area contributed by atoms with E-state index in [0.29, 0.717) is 21.4 Å². The fraction of sp³-hybridized carbons (Fsp3) is 0.400. The normalized spacial score (nSPS) is 17.5. The van der Waals surface area contributed by atoms with E-state index in [1.54, 1.807) is 10.9 Å². The van der Waals surface area contributed by atoms with Gasteiger partial charge in [0.1, 0.15) is 6.04 Å². The fourth-order valence-electron chi connectivity index (χ4n) is 2.44. The van der Waals surface area contributed by atoms with Crippen molar-refractivity contribution in [3.8, 4) is 0 Å². The van der Waals surface area contributed by atoms with Gasteiger partial charge in [0.2, 0.25) is 0 Å². The first-order chi connectivity index (χ1) is 11.8. The van der Waals surface area contributed by atoms with Crippen LogP contribution in [0.5, 0.6) is 0 Å². The second-order valence-corrected chi connectivity index (χ2v) is 6.84. The van der Waals surface area contributed by atoms with E-state index in [9.17, 15) is 9.59 Å². The van der Waals surface area contributed by atoms with Crippen molar-refractivity contribution in [1.29, 1.82) is 0 Å². The summed E-state index contributed by atoms with van der Waals surface area (Å²) in [6.07, 6.45) is 3.46. The van der Waals surface area contributed by atoms with Crippen LogP contribution in [0.2, 0.25) is 10.0 Å². The van der Waals surface area contributed by atoms with Crippen LogP contribution >= 0.6 is 23.2 Å². The van der Waals surface area contributed by atoms with Crippen LogP contribution in [-0.4, -0.2) is 42.9 Å². The minimum atomic E-state index is -0.684. The van der Waals surface area contributed by atoms with Crippen LogP contribution in [0.1, 0.15) is 31.3 Å². The average molecular weight is 383 g/mol. The van der Waals surface area contributed by atoms with Gasteiger partial charge in [-0.3, -0.25) is 14.7 Å². The van der Waals surface area contributed by atoms with Gasteiger partial charge in [0.15, 0.2) is 0 Å². The van der Waals surface area contributed by atoms with Crippen LogP contribution in [0, 0.1) is 0 Å². The molecule has 0 unspecified atom stereocenters. The number of rotatable bonds is 5. The summed E-state index contributed by atoms with van der Waals surface area (Å²) in [6, 6.07) is 0.519. The molecule has 3 rings (SSSR count). The minimum absolute atomic E-state index is 0.0180. The lowest BCUT2D eigenvalue weighted by Crippen LogP contribution is -2.32. The van der Waals surface area contributed by atoms with Crippen LogP contribution in [0.15, 0.2) is 18.5 Å². The third-order valence-electron chi connectivity index (χ3n) is 3.80. The van der Waals surface area contributed by atoms with Crippen molar-refractivity contribution in [3.63, 3.8) is 0 Å². The first-order valence-electron chi connectivity index (χ1n) is 7.67. The molecule has 1 saturated heterocycles. The molecule has 1 atom stereocenters. The van der Waals surface area contributed by atoms with Gasteiger partial charge in [0.05, 0.1) is 28.0 Å². The zero-order chi connectivity index (χ0) is 18.1. The summed E-state index contributed by atoms with van der Waals surface area (Å²) in [5.74, 6) is -0.350. The number of aromatic nitrogens is 4. The molecule has 10 heteroatoms. The number of carbonyl (C=O) groups excluding carboxylic acids is 2. The van der Waals surface area contributed by atoms with E-state index in [1.807, 2.05) is 13.8 Å². The molecule has 0 saturated carbocycles. The first-order valence-corrected chi connectivity index (χ1v) is 8.43. The molecule has 2 aromatic heterocycles. The summed E-state index contributed by atoms with van der Waals surface area (Å²) in [5.41, 5.74) is 1.04. The van der Waals surface area contributed by atoms with Crippen molar-refractivity contribution in [2.75, 3.05) is 0 Å². The number of nitrogens with zero attached hydrogens (tertiary/aromatic N) is 5. The highest BCUT2D eigenvalue weighted by Crippen LogP contribution is 2.22. The lowest BCUT2D eigenvalue weighted by Gasteiger charge is -2.13. The smallest absolute Gasteiger partial charge is 0.325 e. The van der Waals surface area contributed by atoms with Crippen LogP contribution in [0.4, 0.5) is 4.79 Å². The number of hydrogen-bond acceptors (Lipinski definition) is 5. The highest BCUT2D eigenvalue weighted by molar-refractivity contribution is 6.34. The van der Waals surface area contributed by atoms with Crippen molar-refractivity contribution >= 4 is 35.1 Å². The molecule has 8 nitrogen and oxygen atoms in total. The molecule has 2 aromatic rings. The van der Waals surface area contributed by atoms with Gasteiger partial charge in [-0.1, -0.05) is 28.4 Å². The van der Waals surface area contributed by atoms with Gasteiger partial charge in [0, 0.05) is 24.9 Å². The predicted molar refractivity (Wildman–Crippen MR) is 91.2 cm³/mol. The molecule has 0 radical (unpaired) electrons. The largest absolute Gasteiger partial charge is 0.325 e. The van der Waals surface area contributed by atoms with Gasteiger partial charge in [-0.2, -0.15) is 0 Å². The molecule has 3 heterocycles. The Kier molecular flexibility index (Phi) is 4.91. The average Bonchev–Trinajstić information content (AvgIpc) is 3.10. The number of carbonyl (C=O) groups is 2. The molecule has 3 amide bonds. The topological polar surface area (TPSA) is 93.0 Å². The molecule has 1 aliphatic heterocycles. The molecular formula is C15H16Cl2N6O2. The Balaban J connectivity index is 1.71. The van der Waals surface area contributed by atoms with E-state index >= 15 is 0 Å². The lowest BCUT2D eigenvalue weighted by molar-refractivity contribution is -0.127. The van der Waals surface area contributed by atoms with Crippen LogP contribution in [0.25, 0.3) is 0 Å². The van der Waals surface area contributed by atoms with Crippen LogP contribution < -0.4 is 5.32 Å². The summed E-state index contributed by atoms with van der Waals surface area (Å²) < 4.78 is 1.70. The second kappa shape index (κ2) is 6.97. The van der Waals surface area contributed by atoms with E-state index in [-0.39, 0.29) is 24.9 Å². The molecule has 1 fully saturated rings. The third-order valence-corrected chi connectivity index (χ3v) is 4.33. The lowest BCUT2D eigenvalue weighted by atomic mass is 10.1. The summed E-state index contributed by atoms with van der Waals surface area (Å²) in [4.78, 5) is 29.8. The van der Waals surface area contributed by atoms with E-state index in [1.165, 1.54) is 12.3 Å². The van der Waals surface area contributed by atoms with Gasteiger partial charge in [-0.05, 0) is 19.9 Å². The fourth-order valence-corrected chi connectivity index (χ4v) is 2.88. The van der Waals surface area contributed by atoms with E-state index in [4.69, 9.17) is 23.2 Å². The number of nitrogens with one attached hydrogen (secondary N) is 1. The number of urea groups is 1. The maximum atomic E-state index is 12.5. The van der Waals surface area contributed by atoms with Crippen molar-refractivity contribution in [3.05, 3.63) is 39.9 Å². The van der Waals surface area contributed by atoms with E-state index < -0.39 is 12.1 Å². The second-order valence-electron chi connectivity index (χ2n) is 6.00. The quantitative estimate of drug-likeness (QED) is 0.800. The molecule has 1 N–H and O–H groups in total. The standard InChI is InChI=1S/C15H16Cl2N6O2/c1-8(2)23-6-10(20-21-23)4-12-14(24)22(15(25)19-12)7-13-11(17)3-9(16)5-18-13/h3,5-6,8,12H,4,7H2,1-2H3,(H,19,25)/t12-/m1/s1. The Bertz CT molecular complexity index is 822. The van der Waals surface area contributed by atoms with Crippen molar-refractivity contribution in [2.45, 2.75) is 38.9 Å². The van der Waals surface area contributed by atoms with Gasteiger partial charge in [-0.25, -0.2) is 9.48 Å². The van der Waals surface area contributed by atoms with E-state index in [2.05, 4.69) is 20.6 Å². The Morgan fingerprint density at radius 1 is 1.32 bits per heavy atom. The summed E-state index contributed by atoms with van der Waals surface area (Å²) in [6.45, 7) is 3.94. The van der Waals surface area contributed by atoms with Gasteiger partial charge >= 0.3 is 6.03 Å². The zero-order valence-electron chi connectivity index (χ0n) is 13.6. The molecule has 0 aliphatic carbocycles. The van der Waals surface area contributed by atoms with Gasteiger partial charge in [0.25, 0.3) is 5.91 Å². The predicted octanol–water partition coefficient (Wildman–Crippen LogP) is 2.22. The Hall–Kier alpha value is -2.19. The number of hydrogen-bond donors (Lipinski definition) is 1. The molecule has 0 spiro atoms. The molecule has 0 aromatic carbocycles. The highest BCUT2D eigenvalue weighted by Gasteiger charge is 2.38. The minimum Gasteiger partial charge on any atom is -0.325 e. The molecular weight excluding hydrogens is 367 g/mol. The monoisotopic (exact) mass is 382 g/mol. The van der Waals surface area contributed by atoms with Crippen molar-refractivity contribution in [2.24, 2.45) is 0 Å². The number of pyridine rings is 1.